The van der Waals surface area contributed by atoms with Crippen LogP contribution in [0.3, 0.4) is 0 Å². The third-order valence-corrected chi connectivity index (χ3v) is 4.33. The lowest BCUT2D eigenvalue weighted by molar-refractivity contribution is -0.139. The molecule has 5 nitrogen and oxygen atoms in total. The van der Waals surface area contributed by atoms with Gasteiger partial charge in [-0.05, 0) is 30.7 Å². The number of hydrogen-bond acceptors (Lipinski definition) is 4. The third kappa shape index (κ3) is 2.77. The second kappa shape index (κ2) is 6.26. The fraction of sp³-hybridized carbons (Fsp3) is 0.316. The summed E-state index contributed by atoms with van der Waals surface area (Å²) in [7, 11) is 1.60. The summed E-state index contributed by atoms with van der Waals surface area (Å²) < 4.78 is 5.15. The van der Waals surface area contributed by atoms with Crippen LogP contribution in [0.5, 0.6) is 5.75 Å². The highest BCUT2D eigenvalue weighted by molar-refractivity contribution is 6.06. The van der Waals surface area contributed by atoms with Crippen LogP contribution in [0, 0.1) is 0 Å². The zero-order valence-electron chi connectivity index (χ0n) is 13.8. The number of aliphatic hydroxyl groups is 2. The van der Waals surface area contributed by atoms with Gasteiger partial charge in [0.05, 0.1) is 25.4 Å². The summed E-state index contributed by atoms with van der Waals surface area (Å²) in [5.74, 6) is 0.345. The summed E-state index contributed by atoms with van der Waals surface area (Å²) in [6.07, 6.45) is -0.810. The predicted octanol–water partition coefficient (Wildman–Crippen LogP) is 2.20. The normalized spacial score (nSPS) is 20.8. The van der Waals surface area contributed by atoms with Gasteiger partial charge < -0.3 is 19.8 Å². The topological polar surface area (TPSA) is 70.0 Å². The quantitative estimate of drug-likeness (QED) is 0.883. The Balaban J connectivity index is 1.95. The maximum absolute atomic E-state index is 12.9. The number of anilines is 1. The minimum Gasteiger partial charge on any atom is -0.497 e. The first-order valence-corrected chi connectivity index (χ1v) is 7.90. The van der Waals surface area contributed by atoms with Crippen molar-refractivity contribution in [3.05, 3.63) is 59.7 Å². The fourth-order valence-corrected chi connectivity index (χ4v) is 3.20. The Bertz CT molecular complexity index is 741. The first-order valence-electron chi connectivity index (χ1n) is 7.90. The van der Waals surface area contributed by atoms with Gasteiger partial charge in [0.25, 0.3) is 5.91 Å². The Labute approximate surface area is 141 Å². The first kappa shape index (κ1) is 16.5. The van der Waals surface area contributed by atoms with Crippen LogP contribution < -0.4 is 9.64 Å². The Morgan fingerprint density at radius 3 is 2.46 bits per heavy atom. The maximum atomic E-state index is 12.9. The van der Waals surface area contributed by atoms with E-state index in [0.29, 0.717) is 17.8 Å². The number of carbonyl (C=O) groups is 1. The number of hydrogen-bond donors (Lipinski definition) is 2. The Morgan fingerprint density at radius 1 is 1.17 bits per heavy atom. The average Bonchev–Trinajstić information content (AvgIpc) is 2.77. The number of ether oxygens (including phenoxy) is 1. The van der Waals surface area contributed by atoms with Crippen LogP contribution in [0.4, 0.5) is 5.69 Å². The second-order valence-corrected chi connectivity index (χ2v) is 6.17. The molecule has 2 aromatic rings. The van der Waals surface area contributed by atoms with Crippen LogP contribution in [0.1, 0.15) is 24.5 Å². The molecule has 0 spiro atoms. The molecule has 0 bridgehead atoms. The summed E-state index contributed by atoms with van der Waals surface area (Å²) in [6, 6.07) is 14.6. The van der Waals surface area contributed by atoms with E-state index in [9.17, 15) is 15.0 Å². The largest absolute Gasteiger partial charge is 0.497 e. The summed E-state index contributed by atoms with van der Waals surface area (Å²) >= 11 is 0. The van der Waals surface area contributed by atoms with Gasteiger partial charge in [0.1, 0.15) is 5.75 Å². The molecule has 1 amide bonds. The van der Waals surface area contributed by atoms with E-state index >= 15 is 0 Å². The van der Waals surface area contributed by atoms with Gasteiger partial charge in [-0.1, -0.05) is 30.3 Å². The molecule has 0 radical (unpaired) electrons. The molecule has 1 aliphatic rings. The van der Waals surface area contributed by atoms with E-state index < -0.39 is 17.6 Å². The average molecular weight is 327 g/mol. The summed E-state index contributed by atoms with van der Waals surface area (Å²) in [6.45, 7) is 1.92. The van der Waals surface area contributed by atoms with Crippen LogP contribution in [-0.2, 0) is 16.9 Å². The van der Waals surface area contributed by atoms with E-state index in [1.165, 1.54) is 0 Å². The Kier molecular flexibility index (Phi) is 4.30. The van der Waals surface area contributed by atoms with E-state index in [4.69, 9.17) is 4.74 Å². The van der Waals surface area contributed by atoms with Gasteiger partial charge in [0.2, 0.25) is 0 Å². The number of carbonyl (C=O) groups excluding carboxylic acids is 1. The molecule has 0 fully saturated rings. The number of methoxy groups -OCH3 is 1. The van der Waals surface area contributed by atoms with Crippen LogP contribution in [0.15, 0.2) is 48.5 Å². The molecule has 2 atom stereocenters. The number of aliphatic hydroxyl groups excluding tert-OH is 1. The minimum atomic E-state index is -1.68. The van der Waals surface area contributed by atoms with Crippen molar-refractivity contribution in [3.8, 4) is 5.75 Å². The smallest absolute Gasteiger partial charge is 0.264 e. The standard InChI is InChI=1S/C19H21NO4/c1-13(21)11-19(23)16-5-3-4-6-17(16)20(18(19)22)12-14-7-9-15(24-2)10-8-14/h3-10,13,21,23H,11-12H2,1-2H3/t13-,19+/m1/s1. The molecule has 0 saturated heterocycles. The molecule has 0 unspecified atom stereocenters. The lowest BCUT2D eigenvalue weighted by Gasteiger charge is -2.24. The number of amides is 1. The molecule has 1 aliphatic heterocycles. The van der Waals surface area contributed by atoms with Crippen molar-refractivity contribution in [2.24, 2.45) is 0 Å². The number of benzene rings is 2. The molecular formula is C19H21NO4. The van der Waals surface area contributed by atoms with Crippen LogP contribution >= 0.6 is 0 Å². The number of nitrogens with zero attached hydrogens (tertiary/aromatic N) is 1. The van der Waals surface area contributed by atoms with Crippen LogP contribution in [-0.4, -0.2) is 29.3 Å². The van der Waals surface area contributed by atoms with E-state index in [1.54, 1.807) is 31.1 Å². The van der Waals surface area contributed by atoms with Crippen molar-refractivity contribution in [1.82, 2.24) is 0 Å². The predicted molar refractivity (Wildman–Crippen MR) is 90.8 cm³/mol. The molecule has 1 heterocycles. The Hall–Kier alpha value is -2.37. The molecule has 0 aliphatic carbocycles. The molecule has 2 aromatic carbocycles. The first-order chi connectivity index (χ1) is 11.5. The molecule has 3 rings (SSSR count). The van der Waals surface area contributed by atoms with Crippen LogP contribution in [0.2, 0.25) is 0 Å². The maximum Gasteiger partial charge on any atom is 0.264 e. The van der Waals surface area contributed by atoms with Crippen molar-refractivity contribution >= 4 is 11.6 Å². The highest BCUT2D eigenvalue weighted by Crippen LogP contribution is 2.43. The number of rotatable bonds is 5. The van der Waals surface area contributed by atoms with E-state index in [-0.39, 0.29) is 6.42 Å². The molecule has 2 N–H and O–H groups in total. The lowest BCUT2D eigenvalue weighted by atomic mass is 9.90. The minimum absolute atomic E-state index is 0.0258. The van der Waals surface area contributed by atoms with Gasteiger partial charge in [0.15, 0.2) is 5.60 Å². The number of para-hydroxylation sites is 1. The van der Waals surface area contributed by atoms with Gasteiger partial charge in [-0.3, -0.25) is 4.79 Å². The second-order valence-electron chi connectivity index (χ2n) is 6.17. The van der Waals surface area contributed by atoms with E-state index in [2.05, 4.69) is 0 Å². The molecule has 126 valence electrons. The van der Waals surface area contributed by atoms with Crippen molar-refractivity contribution in [1.29, 1.82) is 0 Å². The summed E-state index contributed by atoms with van der Waals surface area (Å²) in [4.78, 5) is 14.5. The highest BCUT2D eigenvalue weighted by atomic mass is 16.5. The zero-order chi connectivity index (χ0) is 17.3. The molecule has 24 heavy (non-hydrogen) atoms. The van der Waals surface area contributed by atoms with Gasteiger partial charge >= 0.3 is 0 Å². The number of fused-ring (bicyclic) bond motifs is 1. The van der Waals surface area contributed by atoms with Crippen LogP contribution in [0.25, 0.3) is 0 Å². The van der Waals surface area contributed by atoms with Crippen molar-refractivity contribution in [3.63, 3.8) is 0 Å². The molecule has 0 aromatic heterocycles. The van der Waals surface area contributed by atoms with Gasteiger partial charge in [-0.2, -0.15) is 0 Å². The molecule has 5 heteroatoms. The van der Waals surface area contributed by atoms with Gasteiger partial charge in [-0.15, -0.1) is 0 Å². The van der Waals surface area contributed by atoms with Crippen molar-refractivity contribution < 1.29 is 19.7 Å². The van der Waals surface area contributed by atoms with Gasteiger partial charge in [-0.25, -0.2) is 0 Å². The summed E-state index contributed by atoms with van der Waals surface area (Å²) in [5, 5.41) is 20.7. The SMILES string of the molecule is COc1ccc(CN2C(=O)[C@](O)(C[C@@H](C)O)c3ccccc32)cc1. The van der Waals surface area contributed by atoms with E-state index in [1.807, 2.05) is 36.4 Å². The molecule has 0 saturated carbocycles. The zero-order valence-corrected chi connectivity index (χ0v) is 13.8. The third-order valence-electron chi connectivity index (χ3n) is 4.33. The monoisotopic (exact) mass is 327 g/mol. The van der Waals surface area contributed by atoms with E-state index in [0.717, 1.165) is 11.3 Å². The summed E-state index contributed by atoms with van der Waals surface area (Å²) in [5.41, 5.74) is 0.475. The van der Waals surface area contributed by atoms with Crippen molar-refractivity contribution in [2.75, 3.05) is 12.0 Å². The fourth-order valence-electron chi connectivity index (χ4n) is 3.20. The van der Waals surface area contributed by atoms with Crippen molar-refractivity contribution in [2.45, 2.75) is 31.6 Å². The molecular weight excluding hydrogens is 306 g/mol. The lowest BCUT2D eigenvalue weighted by Crippen LogP contribution is -2.41. The highest BCUT2D eigenvalue weighted by Gasteiger charge is 2.49. The van der Waals surface area contributed by atoms with Gasteiger partial charge in [0, 0.05) is 12.0 Å². The Morgan fingerprint density at radius 2 is 1.83 bits per heavy atom.